The van der Waals surface area contributed by atoms with Gasteiger partial charge in [0.15, 0.2) is 0 Å². The number of halogens is 5. The predicted octanol–water partition coefficient (Wildman–Crippen LogP) is 5.52. The highest BCUT2D eigenvalue weighted by Gasteiger charge is 2.63. The standard InChI is InChI=1S/C25H19F5N2O3/c1-2-35-23(34)24(16-6-10-21(19(27)11-16)32-22(33)25(28,29)30)12-18(24)15-5-9-20(31-13-15)14-3-7-17(26)8-4-14/h3-11,13,18H,2,12H2,1H3,(H,32,33). The minimum Gasteiger partial charge on any atom is -0.465 e. The normalized spacial score (nSPS) is 19.2. The highest BCUT2D eigenvalue weighted by Crippen LogP contribution is 2.61. The summed E-state index contributed by atoms with van der Waals surface area (Å²) in [6.07, 6.45) is -3.33. The molecule has 1 aliphatic carbocycles. The van der Waals surface area contributed by atoms with Crippen LogP contribution in [0.15, 0.2) is 60.8 Å². The van der Waals surface area contributed by atoms with Crippen molar-refractivity contribution in [1.29, 1.82) is 0 Å². The Kier molecular flexibility index (Phi) is 6.31. The molecule has 1 fully saturated rings. The Morgan fingerprint density at radius 1 is 1.09 bits per heavy atom. The first kappa shape index (κ1) is 24.3. The van der Waals surface area contributed by atoms with Crippen LogP contribution in [0.3, 0.4) is 0 Å². The van der Waals surface area contributed by atoms with Gasteiger partial charge in [0.2, 0.25) is 0 Å². The second kappa shape index (κ2) is 9.09. The SMILES string of the molecule is CCOC(=O)C1(c2ccc(NC(=O)C(F)(F)F)c(F)c2)CC1c1ccc(-c2ccc(F)cc2)nc1. The van der Waals surface area contributed by atoms with Gasteiger partial charge in [-0.2, -0.15) is 13.2 Å². The zero-order valence-corrected chi connectivity index (χ0v) is 18.3. The molecule has 1 saturated carbocycles. The van der Waals surface area contributed by atoms with E-state index in [1.54, 1.807) is 37.4 Å². The first-order valence-corrected chi connectivity index (χ1v) is 10.6. The van der Waals surface area contributed by atoms with Gasteiger partial charge in [-0.3, -0.25) is 14.6 Å². The fourth-order valence-electron chi connectivity index (χ4n) is 4.08. The molecule has 10 heteroatoms. The molecule has 2 aromatic carbocycles. The van der Waals surface area contributed by atoms with Crippen molar-refractivity contribution in [3.63, 3.8) is 0 Å². The van der Waals surface area contributed by atoms with Crippen LogP contribution in [0.4, 0.5) is 27.6 Å². The van der Waals surface area contributed by atoms with Gasteiger partial charge < -0.3 is 10.1 Å². The Labute approximate surface area is 196 Å². The van der Waals surface area contributed by atoms with Crippen molar-refractivity contribution in [1.82, 2.24) is 4.98 Å². The van der Waals surface area contributed by atoms with Crippen LogP contribution in [0.5, 0.6) is 0 Å². The van der Waals surface area contributed by atoms with Crippen LogP contribution in [0, 0.1) is 11.6 Å². The average molecular weight is 490 g/mol. The van der Waals surface area contributed by atoms with E-state index in [0.29, 0.717) is 16.8 Å². The predicted molar refractivity (Wildman–Crippen MR) is 116 cm³/mol. The van der Waals surface area contributed by atoms with E-state index < -0.39 is 40.9 Å². The average Bonchev–Trinajstić information content (AvgIpc) is 3.58. The summed E-state index contributed by atoms with van der Waals surface area (Å²) < 4.78 is 70.6. The number of nitrogens with one attached hydrogen (secondary N) is 1. The van der Waals surface area contributed by atoms with Crippen molar-refractivity contribution in [3.8, 4) is 11.3 Å². The molecular formula is C25H19F5N2O3. The fraction of sp³-hybridized carbons (Fsp3) is 0.240. The van der Waals surface area contributed by atoms with E-state index in [1.165, 1.54) is 23.5 Å². The van der Waals surface area contributed by atoms with Gasteiger partial charge in [0.25, 0.3) is 0 Å². The Bertz CT molecular complexity index is 1260. The third kappa shape index (κ3) is 4.73. The van der Waals surface area contributed by atoms with E-state index in [0.717, 1.165) is 12.1 Å². The second-order valence-corrected chi connectivity index (χ2v) is 8.08. The summed E-state index contributed by atoms with van der Waals surface area (Å²) in [6, 6.07) is 12.5. The van der Waals surface area contributed by atoms with Crippen LogP contribution in [0.2, 0.25) is 0 Å². The van der Waals surface area contributed by atoms with E-state index in [9.17, 15) is 31.5 Å². The summed E-state index contributed by atoms with van der Waals surface area (Å²) in [4.78, 5) is 28.5. The Morgan fingerprint density at radius 2 is 1.80 bits per heavy atom. The number of benzene rings is 2. The van der Waals surface area contributed by atoms with E-state index in [-0.39, 0.29) is 24.4 Å². The monoisotopic (exact) mass is 490 g/mol. The van der Waals surface area contributed by atoms with Crippen LogP contribution in [0.1, 0.15) is 30.4 Å². The Hall–Kier alpha value is -3.82. The minimum atomic E-state index is -5.17. The summed E-state index contributed by atoms with van der Waals surface area (Å²) in [5.41, 5.74) is 0.279. The number of pyridine rings is 1. The summed E-state index contributed by atoms with van der Waals surface area (Å²) >= 11 is 0. The molecular weight excluding hydrogens is 471 g/mol. The number of alkyl halides is 3. The zero-order chi connectivity index (χ0) is 25.4. The molecule has 2 atom stereocenters. The lowest BCUT2D eigenvalue weighted by Crippen LogP contribution is -2.30. The van der Waals surface area contributed by atoms with Crippen molar-refractivity contribution in [3.05, 3.63) is 83.6 Å². The molecule has 0 saturated heterocycles. The van der Waals surface area contributed by atoms with Gasteiger partial charge in [0.1, 0.15) is 17.0 Å². The Morgan fingerprint density at radius 3 is 2.37 bits per heavy atom. The number of carbonyl (C=O) groups excluding carboxylic acids is 2. The molecule has 3 aromatic rings. The molecule has 0 spiro atoms. The topological polar surface area (TPSA) is 68.3 Å². The highest BCUT2D eigenvalue weighted by atomic mass is 19.4. The number of aromatic nitrogens is 1. The van der Waals surface area contributed by atoms with Crippen molar-refractivity contribution in [2.45, 2.75) is 30.9 Å². The molecule has 1 heterocycles. The fourth-order valence-corrected chi connectivity index (χ4v) is 4.08. The molecule has 1 amide bonds. The molecule has 0 bridgehead atoms. The van der Waals surface area contributed by atoms with E-state index >= 15 is 0 Å². The summed E-state index contributed by atoms with van der Waals surface area (Å²) in [7, 11) is 0. The summed E-state index contributed by atoms with van der Waals surface area (Å²) in [5, 5.41) is 1.48. The van der Waals surface area contributed by atoms with Crippen molar-refractivity contribution < 1.29 is 36.3 Å². The van der Waals surface area contributed by atoms with Gasteiger partial charge >= 0.3 is 18.1 Å². The number of esters is 1. The van der Waals surface area contributed by atoms with Gasteiger partial charge in [0, 0.05) is 17.7 Å². The first-order chi connectivity index (χ1) is 16.6. The number of rotatable bonds is 6. The number of amides is 1. The largest absolute Gasteiger partial charge is 0.471 e. The third-order valence-corrected chi connectivity index (χ3v) is 5.92. The summed E-state index contributed by atoms with van der Waals surface area (Å²) in [5.74, 6) is -4.80. The molecule has 35 heavy (non-hydrogen) atoms. The van der Waals surface area contributed by atoms with Gasteiger partial charge in [-0.15, -0.1) is 0 Å². The maximum atomic E-state index is 14.6. The number of nitrogens with zero attached hydrogens (tertiary/aromatic N) is 1. The molecule has 0 aliphatic heterocycles. The van der Waals surface area contributed by atoms with Crippen molar-refractivity contribution in [2.24, 2.45) is 0 Å². The van der Waals surface area contributed by atoms with E-state index in [2.05, 4.69) is 4.98 Å². The molecule has 1 N–H and O–H groups in total. The maximum absolute atomic E-state index is 14.6. The lowest BCUT2D eigenvalue weighted by atomic mass is 9.90. The zero-order valence-electron chi connectivity index (χ0n) is 18.3. The van der Waals surface area contributed by atoms with Gasteiger partial charge in [-0.25, -0.2) is 8.78 Å². The van der Waals surface area contributed by atoms with Gasteiger partial charge in [-0.1, -0.05) is 12.1 Å². The molecule has 4 rings (SSSR count). The molecule has 1 aromatic heterocycles. The molecule has 5 nitrogen and oxygen atoms in total. The van der Waals surface area contributed by atoms with Gasteiger partial charge in [0.05, 0.1) is 18.0 Å². The smallest absolute Gasteiger partial charge is 0.465 e. The lowest BCUT2D eigenvalue weighted by molar-refractivity contribution is -0.167. The number of carbonyl (C=O) groups is 2. The summed E-state index contributed by atoms with van der Waals surface area (Å²) in [6.45, 7) is 1.70. The van der Waals surface area contributed by atoms with Crippen molar-refractivity contribution in [2.75, 3.05) is 11.9 Å². The number of ether oxygens (including phenoxy) is 1. The Balaban J connectivity index is 1.62. The van der Waals surface area contributed by atoms with E-state index in [1.807, 2.05) is 0 Å². The number of hydrogen-bond acceptors (Lipinski definition) is 4. The maximum Gasteiger partial charge on any atom is 0.471 e. The molecule has 2 unspecified atom stereocenters. The second-order valence-electron chi connectivity index (χ2n) is 8.08. The molecule has 1 aliphatic rings. The third-order valence-electron chi connectivity index (χ3n) is 5.92. The van der Waals surface area contributed by atoms with Crippen LogP contribution < -0.4 is 5.32 Å². The quantitative estimate of drug-likeness (QED) is 0.365. The van der Waals surface area contributed by atoms with Gasteiger partial charge in [-0.05, 0) is 66.9 Å². The highest BCUT2D eigenvalue weighted by molar-refractivity contribution is 5.95. The van der Waals surface area contributed by atoms with Crippen molar-refractivity contribution >= 4 is 17.6 Å². The van der Waals surface area contributed by atoms with Crippen LogP contribution in [0.25, 0.3) is 11.3 Å². The van der Waals surface area contributed by atoms with Crippen LogP contribution >= 0.6 is 0 Å². The number of hydrogen-bond donors (Lipinski definition) is 1. The molecule has 0 radical (unpaired) electrons. The number of anilines is 1. The minimum absolute atomic E-state index is 0.0806. The molecule has 182 valence electrons. The van der Waals surface area contributed by atoms with Crippen LogP contribution in [-0.4, -0.2) is 29.6 Å². The lowest BCUT2D eigenvalue weighted by Gasteiger charge is -2.18. The van der Waals surface area contributed by atoms with Crippen LogP contribution in [-0.2, 0) is 19.7 Å². The first-order valence-electron chi connectivity index (χ1n) is 10.6. The van der Waals surface area contributed by atoms with E-state index in [4.69, 9.17) is 4.74 Å².